The van der Waals surface area contributed by atoms with E-state index in [0.29, 0.717) is 16.1 Å². The van der Waals surface area contributed by atoms with Gasteiger partial charge in [0.15, 0.2) is 11.5 Å². The van der Waals surface area contributed by atoms with Gasteiger partial charge >= 0.3 is 0 Å². The molecule has 74 valence electrons. The van der Waals surface area contributed by atoms with Crippen molar-refractivity contribution in [3.05, 3.63) is 35.0 Å². The van der Waals surface area contributed by atoms with E-state index >= 15 is 0 Å². The Bertz CT molecular complexity index is 370. The average molecular weight is 193 g/mol. The van der Waals surface area contributed by atoms with Gasteiger partial charge in [-0.2, -0.15) is 4.86 Å². The van der Waals surface area contributed by atoms with E-state index in [9.17, 15) is 10.0 Å². The minimum Gasteiger partial charge on any atom is -0.696 e. The molecule has 0 amide bonds. The number of Topliss-reactive ketones (excluding diaryl/α,β-unsaturated/α-hetero) is 1. The van der Waals surface area contributed by atoms with Crippen molar-refractivity contribution in [1.29, 1.82) is 0 Å². The molecule has 0 unspecified atom stereocenters. The van der Waals surface area contributed by atoms with Gasteiger partial charge in [-0.1, -0.05) is 12.1 Å². The first kappa shape index (κ1) is 10.2. The van der Waals surface area contributed by atoms with Crippen LogP contribution in [0.1, 0.15) is 17.3 Å². The molecular formula is C9H11N3O2. The van der Waals surface area contributed by atoms with Crippen LogP contribution in [0, 0.1) is 5.21 Å². The van der Waals surface area contributed by atoms with Gasteiger partial charge in [-0.3, -0.25) is 4.79 Å². The first-order valence-electron chi connectivity index (χ1n) is 4.08. The second-order valence-corrected chi connectivity index (χ2v) is 2.78. The van der Waals surface area contributed by atoms with Crippen LogP contribution in [0.25, 0.3) is 0 Å². The van der Waals surface area contributed by atoms with Crippen molar-refractivity contribution in [1.82, 2.24) is 0 Å². The maximum atomic E-state index is 11.1. The molecule has 0 spiro atoms. The summed E-state index contributed by atoms with van der Waals surface area (Å²) in [5.74, 6) is -0.0724. The van der Waals surface area contributed by atoms with Gasteiger partial charge in [-0.05, 0) is 19.1 Å². The molecule has 0 saturated heterocycles. The predicted octanol–water partition coefficient (Wildman–Crippen LogP) is 1.81. The second kappa shape index (κ2) is 4.36. The van der Waals surface area contributed by atoms with Crippen molar-refractivity contribution >= 4 is 11.5 Å². The quantitative estimate of drug-likeness (QED) is 0.344. The Balaban J connectivity index is 2.96. The fourth-order valence-electron chi connectivity index (χ4n) is 1.01. The van der Waals surface area contributed by atoms with Crippen molar-refractivity contribution in [2.45, 2.75) is 6.92 Å². The number of para-hydroxylation sites is 1. The molecule has 14 heavy (non-hydrogen) atoms. The predicted molar refractivity (Wildman–Crippen MR) is 52.0 cm³/mol. The van der Waals surface area contributed by atoms with Crippen molar-refractivity contribution in [2.75, 3.05) is 12.5 Å². The lowest BCUT2D eigenvalue weighted by atomic mass is 10.1. The van der Waals surface area contributed by atoms with E-state index in [-0.39, 0.29) is 5.78 Å². The number of rotatable bonds is 3. The summed E-state index contributed by atoms with van der Waals surface area (Å²) in [6, 6.07) is 6.87. The Hall–Kier alpha value is -1.91. The monoisotopic (exact) mass is 193 g/mol. The topological polar surface area (TPSA) is 67.5 Å². The molecule has 5 heteroatoms. The lowest BCUT2D eigenvalue weighted by Gasteiger charge is -2.01. The molecule has 0 aliphatic heterocycles. The minimum absolute atomic E-state index is 0.0724. The zero-order valence-electron chi connectivity index (χ0n) is 8.02. The highest BCUT2D eigenvalue weighted by molar-refractivity contribution is 5.99. The van der Waals surface area contributed by atoms with Crippen LogP contribution in [0.15, 0.2) is 29.5 Å². The summed E-state index contributed by atoms with van der Waals surface area (Å²) in [4.78, 5) is 11.5. The normalized spacial score (nSPS) is 11.1. The van der Waals surface area contributed by atoms with Crippen LogP contribution < -0.4 is 5.43 Å². The molecule has 0 bridgehead atoms. The van der Waals surface area contributed by atoms with Gasteiger partial charge in [0, 0.05) is 0 Å². The summed E-state index contributed by atoms with van der Waals surface area (Å²) in [5.41, 5.74) is 3.55. The van der Waals surface area contributed by atoms with E-state index in [1.54, 1.807) is 24.3 Å². The average Bonchev–Trinajstić information content (AvgIpc) is 2.15. The Kier molecular flexibility index (Phi) is 3.17. The zero-order chi connectivity index (χ0) is 10.6. The van der Waals surface area contributed by atoms with Gasteiger partial charge in [-0.15, -0.1) is 5.43 Å². The van der Waals surface area contributed by atoms with Crippen LogP contribution in [0.3, 0.4) is 0 Å². The van der Waals surface area contributed by atoms with E-state index < -0.39 is 0 Å². The maximum absolute atomic E-state index is 11.1. The Labute approximate surface area is 81.6 Å². The number of hydrogen-bond acceptors (Lipinski definition) is 3. The third-order valence-corrected chi connectivity index (χ3v) is 1.62. The number of hydrogen-bond donors (Lipinski definition) is 1. The molecule has 1 rings (SSSR count). The molecule has 1 aromatic carbocycles. The molecular weight excluding hydrogens is 182 g/mol. The second-order valence-electron chi connectivity index (χ2n) is 2.78. The van der Waals surface area contributed by atoms with Crippen LogP contribution in [0.2, 0.25) is 0 Å². The Morgan fingerprint density at radius 2 is 2.14 bits per heavy atom. The number of ketones is 1. The van der Waals surface area contributed by atoms with Gasteiger partial charge < -0.3 is 5.21 Å². The summed E-state index contributed by atoms with van der Waals surface area (Å²) in [6.07, 6.45) is 0. The SMILES string of the molecule is CC(=O)c1ccccc1N/N=[N+](/C)[O-]. The minimum atomic E-state index is -0.0724. The van der Waals surface area contributed by atoms with E-state index in [1.807, 2.05) is 0 Å². The largest absolute Gasteiger partial charge is 0.696 e. The first-order chi connectivity index (χ1) is 6.61. The number of anilines is 1. The van der Waals surface area contributed by atoms with Crippen LogP contribution in [0.4, 0.5) is 5.69 Å². The third-order valence-electron chi connectivity index (χ3n) is 1.62. The molecule has 0 atom stereocenters. The van der Waals surface area contributed by atoms with Crippen LogP contribution in [0.5, 0.6) is 0 Å². The number of carbonyl (C=O) groups excluding carboxylic acids is 1. The van der Waals surface area contributed by atoms with Gasteiger partial charge in [-0.25, -0.2) is 0 Å². The van der Waals surface area contributed by atoms with Gasteiger partial charge in [0.05, 0.1) is 10.8 Å². The molecule has 1 N–H and O–H groups in total. The molecule has 0 saturated carbocycles. The number of hydroxylamine groups is 1. The van der Waals surface area contributed by atoms with E-state index in [1.165, 1.54) is 14.0 Å². The molecule has 0 heterocycles. The summed E-state index contributed by atoms with van der Waals surface area (Å²) in [5, 5.41) is 13.9. The maximum Gasteiger partial charge on any atom is 0.164 e. The number of benzene rings is 1. The van der Waals surface area contributed by atoms with Crippen molar-refractivity contribution in [3.63, 3.8) is 0 Å². The number of nitrogens with one attached hydrogen (secondary N) is 1. The highest BCUT2D eigenvalue weighted by Crippen LogP contribution is 2.15. The fourth-order valence-corrected chi connectivity index (χ4v) is 1.01. The van der Waals surface area contributed by atoms with Gasteiger partial charge in [0.2, 0.25) is 0 Å². The molecule has 0 fully saturated rings. The van der Waals surface area contributed by atoms with Crippen molar-refractivity contribution in [2.24, 2.45) is 5.22 Å². The molecule has 5 nitrogen and oxygen atoms in total. The van der Waals surface area contributed by atoms with Crippen LogP contribution in [-0.4, -0.2) is 17.7 Å². The van der Waals surface area contributed by atoms with Crippen molar-refractivity contribution < 1.29 is 9.66 Å². The molecule has 0 aromatic heterocycles. The Morgan fingerprint density at radius 3 is 2.71 bits per heavy atom. The zero-order valence-corrected chi connectivity index (χ0v) is 8.02. The van der Waals surface area contributed by atoms with E-state index in [0.717, 1.165) is 0 Å². The summed E-state index contributed by atoms with van der Waals surface area (Å²) >= 11 is 0. The number of nitrogens with zero attached hydrogens (tertiary/aromatic N) is 2. The lowest BCUT2D eigenvalue weighted by Crippen LogP contribution is -2.02. The highest BCUT2D eigenvalue weighted by Gasteiger charge is 2.08. The first-order valence-corrected chi connectivity index (χ1v) is 4.08. The van der Waals surface area contributed by atoms with Crippen LogP contribution >= 0.6 is 0 Å². The van der Waals surface area contributed by atoms with E-state index in [2.05, 4.69) is 10.6 Å². The number of carbonyl (C=O) groups is 1. The molecule has 0 aliphatic carbocycles. The standard InChI is InChI=1S/C9H11N3O2/c1-7(13)8-5-3-4-6-9(8)10-11-12(2)14/h3-6,10H,1-2H3/b12-11-. The highest BCUT2D eigenvalue weighted by atomic mass is 16.5. The molecule has 0 radical (unpaired) electrons. The summed E-state index contributed by atoms with van der Waals surface area (Å²) in [6.45, 7) is 1.46. The van der Waals surface area contributed by atoms with Crippen molar-refractivity contribution in [3.8, 4) is 0 Å². The summed E-state index contributed by atoms with van der Waals surface area (Å²) in [7, 11) is 1.25. The van der Waals surface area contributed by atoms with E-state index in [4.69, 9.17) is 0 Å². The Morgan fingerprint density at radius 1 is 1.50 bits per heavy atom. The smallest absolute Gasteiger partial charge is 0.164 e. The lowest BCUT2D eigenvalue weighted by molar-refractivity contribution is -0.497. The summed E-state index contributed by atoms with van der Waals surface area (Å²) < 4.78 is 0. The molecule has 1 aromatic rings. The fraction of sp³-hybridized carbons (Fsp3) is 0.222. The third kappa shape index (κ3) is 2.55. The molecule has 0 aliphatic rings. The van der Waals surface area contributed by atoms with Crippen LogP contribution in [-0.2, 0) is 0 Å². The van der Waals surface area contributed by atoms with Gasteiger partial charge in [0.1, 0.15) is 7.05 Å². The van der Waals surface area contributed by atoms with Gasteiger partial charge in [0.25, 0.3) is 0 Å².